The lowest BCUT2D eigenvalue weighted by atomic mass is 10.0. The molecule has 24 heavy (non-hydrogen) atoms. The van der Waals surface area contributed by atoms with Gasteiger partial charge in [0.2, 0.25) is 0 Å². The summed E-state index contributed by atoms with van der Waals surface area (Å²) in [5.74, 6) is 0. The fourth-order valence-electron chi connectivity index (χ4n) is 2.85. The molecular formula is C17H22N4O3. The van der Waals surface area contributed by atoms with Crippen LogP contribution in [0.2, 0.25) is 0 Å². The predicted octanol–water partition coefficient (Wildman–Crippen LogP) is 1.76. The maximum atomic E-state index is 12.2. The van der Waals surface area contributed by atoms with Crippen molar-refractivity contribution in [2.45, 2.75) is 25.8 Å². The second-order valence-corrected chi connectivity index (χ2v) is 6.28. The Labute approximate surface area is 140 Å². The van der Waals surface area contributed by atoms with Crippen molar-refractivity contribution < 1.29 is 14.6 Å². The Morgan fingerprint density at radius 1 is 1.46 bits per heavy atom. The van der Waals surface area contributed by atoms with Crippen molar-refractivity contribution >= 4 is 11.7 Å². The number of benzene rings is 1. The Bertz CT molecular complexity index is 735. The van der Waals surface area contributed by atoms with Gasteiger partial charge in [-0.15, -0.1) is 0 Å². The molecule has 128 valence electrons. The van der Waals surface area contributed by atoms with Crippen LogP contribution in [0, 0.1) is 13.8 Å². The smallest absolute Gasteiger partial charge is 0.319 e. The van der Waals surface area contributed by atoms with Crippen molar-refractivity contribution in [3.63, 3.8) is 0 Å². The zero-order valence-corrected chi connectivity index (χ0v) is 13.9. The number of hydrogen-bond donors (Lipinski definition) is 3. The Morgan fingerprint density at radius 3 is 2.96 bits per heavy atom. The second-order valence-electron chi connectivity index (χ2n) is 6.28. The predicted molar refractivity (Wildman–Crippen MR) is 90.4 cm³/mol. The Balaban J connectivity index is 1.68. The van der Waals surface area contributed by atoms with Crippen LogP contribution in [0.3, 0.4) is 0 Å². The van der Waals surface area contributed by atoms with E-state index in [9.17, 15) is 9.90 Å². The summed E-state index contributed by atoms with van der Waals surface area (Å²) in [7, 11) is 0. The molecule has 1 fully saturated rings. The van der Waals surface area contributed by atoms with Crippen LogP contribution in [-0.4, -0.2) is 46.3 Å². The lowest BCUT2D eigenvalue weighted by molar-refractivity contribution is 0.126. The van der Waals surface area contributed by atoms with Crippen LogP contribution in [0.15, 0.2) is 30.6 Å². The van der Waals surface area contributed by atoms with Gasteiger partial charge in [0.1, 0.15) is 0 Å². The molecule has 1 saturated heterocycles. The van der Waals surface area contributed by atoms with Gasteiger partial charge < -0.3 is 20.5 Å². The molecule has 1 aliphatic rings. The summed E-state index contributed by atoms with van der Waals surface area (Å²) in [4.78, 5) is 12.2. The fraction of sp³-hybridized carbons (Fsp3) is 0.412. The van der Waals surface area contributed by atoms with Crippen LogP contribution in [0.1, 0.15) is 17.5 Å². The van der Waals surface area contributed by atoms with Gasteiger partial charge in [-0.1, -0.05) is 17.7 Å². The number of nitrogens with zero attached hydrogens (tertiary/aromatic N) is 2. The number of aliphatic hydroxyl groups excluding tert-OH is 1. The molecule has 2 aromatic rings. The number of carbonyl (C=O) groups is 1. The molecule has 2 amide bonds. The molecule has 7 heteroatoms. The average molecular weight is 330 g/mol. The van der Waals surface area contributed by atoms with E-state index < -0.39 is 5.54 Å². The van der Waals surface area contributed by atoms with E-state index in [2.05, 4.69) is 21.8 Å². The summed E-state index contributed by atoms with van der Waals surface area (Å²) in [6.07, 6.45) is 3.95. The first-order valence-electron chi connectivity index (χ1n) is 7.91. The van der Waals surface area contributed by atoms with Crippen LogP contribution >= 0.6 is 0 Å². The average Bonchev–Trinajstić information content (AvgIpc) is 3.17. The quantitative estimate of drug-likeness (QED) is 0.797. The molecule has 1 atom stereocenters. The number of carbonyl (C=O) groups excluding carboxylic acids is 1. The first-order chi connectivity index (χ1) is 11.5. The molecule has 1 aromatic heterocycles. The largest absolute Gasteiger partial charge is 0.394 e. The summed E-state index contributed by atoms with van der Waals surface area (Å²) >= 11 is 0. The molecule has 2 heterocycles. The zero-order valence-electron chi connectivity index (χ0n) is 13.9. The highest BCUT2D eigenvalue weighted by Gasteiger charge is 2.35. The van der Waals surface area contributed by atoms with Crippen molar-refractivity contribution in [3.05, 3.63) is 41.7 Å². The lowest BCUT2D eigenvalue weighted by Crippen LogP contribution is -2.53. The van der Waals surface area contributed by atoms with Gasteiger partial charge in [-0.05, 0) is 31.9 Å². The summed E-state index contributed by atoms with van der Waals surface area (Å²) in [6.45, 7) is 4.77. The third kappa shape index (κ3) is 3.42. The Morgan fingerprint density at radius 2 is 2.29 bits per heavy atom. The molecule has 0 radical (unpaired) electrons. The highest BCUT2D eigenvalue weighted by Crippen LogP contribution is 2.19. The van der Waals surface area contributed by atoms with E-state index in [-0.39, 0.29) is 12.6 Å². The number of rotatable bonds is 4. The van der Waals surface area contributed by atoms with E-state index in [0.717, 1.165) is 11.3 Å². The Kier molecular flexibility index (Phi) is 4.55. The van der Waals surface area contributed by atoms with E-state index in [1.807, 2.05) is 26.0 Å². The molecular weight excluding hydrogens is 308 g/mol. The summed E-state index contributed by atoms with van der Waals surface area (Å²) < 4.78 is 7.00. The number of urea groups is 1. The normalized spacial score (nSPS) is 20.1. The number of hydrogen-bond acceptors (Lipinski definition) is 4. The highest BCUT2D eigenvalue weighted by molar-refractivity contribution is 5.89. The van der Waals surface area contributed by atoms with Crippen LogP contribution in [0.4, 0.5) is 10.5 Å². The number of anilines is 1. The lowest BCUT2D eigenvalue weighted by Gasteiger charge is -2.26. The minimum Gasteiger partial charge on any atom is -0.394 e. The van der Waals surface area contributed by atoms with Crippen LogP contribution < -0.4 is 10.6 Å². The van der Waals surface area contributed by atoms with Gasteiger partial charge in [-0.2, -0.15) is 5.10 Å². The van der Waals surface area contributed by atoms with Crippen molar-refractivity contribution in [1.29, 1.82) is 0 Å². The number of nitrogens with one attached hydrogen (secondary N) is 2. The first kappa shape index (κ1) is 16.5. The van der Waals surface area contributed by atoms with Gasteiger partial charge in [0, 0.05) is 6.61 Å². The zero-order chi connectivity index (χ0) is 17.2. The van der Waals surface area contributed by atoms with Crippen molar-refractivity contribution in [3.8, 4) is 5.69 Å². The molecule has 7 nitrogen and oxygen atoms in total. The number of amides is 2. The van der Waals surface area contributed by atoms with E-state index in [4.69, 9.17) is 4.74 Å². The molecule has 0 spiro atoms. The second kappa shape index (κ2) is 6.62. The summed E-state index contributed by atoms with van der Waals surface area (Å²) in [5.41, 5.74) is 3.14. The van der Waals surface area contributed by atoms with E-state index >= 15 is 0 Å². The van der Waals surface area contributed by atoms with Crippen molar-refractivity contribution in [2.24, 2.45) is 0 Å². The fourth-order valence-corrected chi connectivity index (χ4v) is 2.85. The van der Waals surface area contributed by atoms with E-state index in [0.29, 0.717) is 25.3 Å². The van der Waals surface area contributed by atoms with Crippen LogP contribution in [-0.2, 0) is 4.74 Å². The molecule has 0 saturated carbocycles. The highest BCUT2D eigenvalue weighted by atomic mass is 16.5. The van der Waals surface area contributed by atoms with E-state index in [1.165, 1.54) is 5.56 Å². The molecule has 0 bridgehead atoms. The standard InChI is InChI=1S/C17H22N4O3/c1-12-3-4-15(13(2)7-12)21-9-14(8-18-21)19-16(23)20-17(10-22)5-6-24-11-17/h3-4,7-9,22H,5-6,10-11H2,1-2H3,(H2,19,20,23). The molecule has 3 N–H and O–H groups in total. The first-order valence-corrected chi connectivity index (χ1v) is 7.91. The van der Waals surface area contributed by atoms with Gasteiger partial charge in [0.25, 0.3) is 0 Å². The SMILES string of the molecule is Cc1ccc(-n2cc(NC(=O)NC3(CO)CCOC3)cn2)c(C)c1. The number of aliphatic hydroxyl groups is 1. The molecule has 1 aromatic carbocycles. The molecule has 1 unspecified atom stereocenters. The maximum Gasteiger partial charge on any atom is 0.319 e. The topological polar surface area (TPSA) is 88.4 Å². The van der Waals surface area contributed by atoms with Gasteiger partial charge in [-0.25, -0.2) is 9.48 Å². The van der Waals surface area contributed by atoms with Gasteiger partial charge in [0.15, 0.2) is 0 Å². The van der Waals surface area contributed by atoms with Gasteiger partial charge in [-0.3, -0.25) is 0 Å². The van der Waals surface area contributed by atoms with Crippen molar-refractivity contribution in [2.75, 3.05) is 25.1 Å². The number of aryl methyl sites for hydroxylation is 2. The van der Waals surface area contributed by atoms with E-state index in [1.54, 1.807) is 17.1 Å². The third-order valence-corrected chi connectivity index (χ3v) is 4.22. The molecule has 1 aliphatic heterocycles. The minimum atomic E-state index is -0.701. The van der Waals surface area contributed by atoms with Gasteiger partial charge in [0.05, 0.1) is 42.5 Å². The monoisotopic (exact) mass is 330 g/mol. The Hall–Kier alpha value is -2.38. The molecule has 3 rings (SSSR count). The van der Waals surface area contributed by atoms with Crippen LogP contribution in [0.5, 0.6) is 0 Å². The van der Waals surface area contributed by atoms with Crippen molar-refractivity contribution in [1.82, 2.24) is 15.1 Å². The number of aromatic nitrogens is 2. The van der Waals surface area contributed by atoms with Crippen LogP contribution in [0.25, 0.3) is 5.69 Å². The minimum absolute atomic E-state index is 0.151. The summed E-state index contributed by atoms with van der Waals surface area (Å²) in [6, 6.07) is 5.73. The van der Waals surface area contributed by atoms with Gasteiger partial charge >= 0.3 is 6.03 Å². The number of ether oxygens (including phenoxy) is 1. The third-order valence-electron chi connectivity index (χ3n) is 4.22. The summed E-state index contributed by atoms with van der Waals surface area (Å²) in [5, 5.41) is 19.3. The molecule has 0 aliphatic carbocycles. The maximum absolute atomic E-state index is 12.2.